The van der Waals surface area contributed by atoms with Crippen molar-refractivity contribution in [1.29, 1.82) is 0 Å². The highest BCUT2D eigenvalue weighted by molar-refractivity contribution is 5.75. The normalized spacial score (nSPS) is 40.6. The molecule has 4 nitrogen and oxygen atoms in total. The largest absolute Gasteiger partial charge is 0.481 e. The molecular formula is C13H22O4. The second kappa shape index (κ2) is 4.25. The van der Waals surface area contributed by atoms with E-state index in [9.17, 15) is 9.90 Å². The summed E-state index contributed by atoms with van der Waals surface area (Å²) in [6.45, 7) is 6.54. The standard InChI is InChI=1S/C13H22O4/c1-9-13(11(14)15,6-7-16-9)8-10-4-5-12(2,3)17-10/h9-10H,4-8H2,1-3H3,(H,14,15). The Kier molecular flexibility index (Phi) is 3.21. The molecule has 0 aliphatic carbocycles. The molecule has 3 atom stereocenters. The summed E-state index contributed by atoms with van der Waals surface area (Å²) < 4.78 is 11.4. The molecule has 2 heterocycles. The van der Waals surface area contributed by atoms with E-state index in [4.69, 9.17) is 9.47 Å². The third-order valence-electron chi connectivity index (χ3n) is 4.27. The van der Waals surface area contributed by atoms with Gasteiger partial charge in [-0.1, -0.05) is 0 Å². The Labute approximate surface area is 102 Å². The highest BCUT2D eigenvalue weighted by Crippen LogP contribution is 2.43. The lowest BCUT2D eigenvalue weighted by molar-refractivity contribution is -0.155. The first-order chi connectivity index (χ1) is 7.86. The van der Waals surface area contributed by atoms with Gasteiger partial charge >= 0.3 is 5.97 Å². The van der Waals surface area contributed by atoms with E-state index in [0.29, 0.717) is 19.4 Å². The van der Waals surface area contributed by atoms with Crippen LogP contribution in [0.25, 0.3) is 0 Å². The predicted molar refractivity (Wildman–Crippen MR) is 62.9 cm³/mol. The van der Waals surface area contributed by atoms with Crippen LogP contribution in [0.3, 0.4) is 0 Å². The number of carboxylic acids is 1. The van der Waals surface area contributed by atoms with Gasteiger partial charge in [0, 0.05) is 6.61 Å². The molecule has 0 aromatic rings. The molecule has 0 spiro atoms. The van der Waals surface area contributed by atoms with E-state index in [1.165, 1.54) is 0 Å². The summed E-state index contributed by atoms with van der Waals surface area (Å²) in [6.07, 6.45) is 2.98. The van der Waals surface area contributed by atoms with Gasteiger partial charge in [-0.25, -0.2) is 0 Å². The van der Waals surface area contributed by atoms with Crippen LogP contribution in [0.1, 0.15) is 46.5 Å². The van der Waals surface area contributed by atoms with Gasteiger partial charge in [0.1, 0.15) is 0 Å². The first-order valence-electron chi connectivity index (χ1n) is 6.39. The van der Waals surface area contributed by atoms with Crippen LogP contribution in [0.2, 0.25) is 0 Å². The van der Waals surface area contributed by atoms with Crippen LogP contribution >= 0.6 is 0 Å². The summed E-state index contributed by atoms with van der Waals surface area (Å²) in [6, 6.07) is 0. The van der Waals surface area contributed by atoms with Crippen molar-refractivity contribution >= 4 is 5.97 Å². The number of carbonyl (C=O) groups is 1. The van der Waals surface area contributed by atoms with Crippen molar-refractivity contribution in [2.75, 3.05) is 6.61 Å². The highest BCUT2D eigenvalue weighted by Gasteiger charge is 2.51. The van der Waals surface area contributed by atoms with Gasteiger partial charge < -0.3 is 14.6 Å². The minimum absolute atomic E-state index is 0.0604. The molecule has 0 aromatic carbocycles. The molecule has 4 heteroatoms. The molecule has 0 saturated carbocycles. The van der Waals surface area contributed by atoms with Crippen LogP contribution in [0.5, 0.6) is 0 Å². The van der Waals surface area contributed by atoms with Crippen LogP contribution in [0, 0.1) is 5.41 Å². The van der Waals surface area contributed by atoms with Gasteiger partial charge in [-0.3, -0.25) is 4.79 Å². The Morgan fingerprint density at radius 3 is 2.53 bits per heavy atom. The smallest absolute Gasteiger partial charge is 0.312 e. The third kappa shape index (κ3) is 2.33. The van der Waals surface area contributed by atoms with Crippen LogP contribution in [0.4, 0.5) is 0 Å². The lowest BCUT2D eigenvalue weighted by Gasteiger charge is -2.30. The summed E-state index contributed by atoms with van der Waals surface area (Å²) in [5.74, 6) is -0.740. The first-order valence-corrected chi connectivity index (χ1v) is 6.39. The van der Waals surface area contributed by atoms with Crippen LogP contribution in [-0.2, 0) is 14.3 Å². The predicted octanol–water partition coefficient (Wildman–Crippen LogP) is 2.21. The van der Waals surface area contributed by atoms with Gasteiger partial charge in [-0.05, 0) is 46.5 Å². The molecule has 1 N–H and O–H groups in total. The van der Waals surface area contributed by atoms with Crippen molar-refractivity contribution in [2.45, 2.75) is 64.3 Å². The molecule has 17 heavy (non-hydrogen) atoms. The molecule has 0 aromatic heterocycles. The molecule has 2 aliphatic heterocycles. The zero-order valence-electron chi connectivity index (χ0n) is 10.9. The number of aliphatic carboxylic acids is 1. The minimum Gasteiger partial charge on any atom is -0.481 e. The molecular weight excluding hydrogens is 220 g/mol. The van der Waals surface area contributed by atoms with Crippen molar-refractivity contribution in [3.8, 4) is 0 Å². The first kappa shape index (κ1) is 12.8. The maximum absolute atomic E-state index is 11.5. The van der Waals surface area contributed by atoms with Gasteiger partial charge in [-0.15, -0.1) is 0 Å². The summed E-state index contributed by atoms with van der Waals surface area (Å²) in [7, 11) is 0. The lowest BCUT2D eigenvalue weighted by atomic mass is 9.76. The zero-order chi connectivity index (χ0) is 12.7. The second-order valence-corrected chi connectivity index (χ2v) is 5.97. The van der Waals surface area contributed by atoms with Crippen molar-refractivity contribution < 1.29 is 19.4 Å². The molecule has 98 valence electrons. The molecule has 2 saturated heterocycles. The van der Waals surface area contributed by atoms with Crippen molar-refractivity contribution in [3.63, 3.8) is 0 Å². The fourth-order valence-corrected chi connectivity index (χ4v) is 3.04. The van der Waals surface area contributed by atoms with Gasteiger partial charge in [0.2, 0.25) is 0 Å². The fraction of sp³-hybridized carbons (Fsp3) is 0.923. The summed E-state index contributed by atoms with van der Waals surface area (Å²) in [4.78, 5) is 11.5. The maximum Gasteiger partial charge on any atom is 0.312 e. The average molecular weight is 242 g/mol. The molecule has 0 radical (unpaired) electrons. The van der Waals surface area contributed by atoms with E-state index in [1.807, 2.05) is 6.92 Å². The maximum atomic E-state index is 11.5. The number of ether oxygens (including phenoxy) is 2. The number of carboxylic acid groups (broad SMARTS) is 1. The SMILES string of the molecule is CC1OCCC1(CC1CCC(C)(C)O1)C(=O)O. The van der Waals surface area contributed by atoms with Gasteiger partial charge in [-0.2, -0.15) is 0 Å². The van der Waals surface area contributed by atoms with E-state index >= 15 is 0 Å². The van der Waals surface area contributed by atoms with Crippen LogP contribution in [-0.4, -0.2) is 35.5 Å². The van der Waals surface area contributed by atoms with Crippen molar-refractivity contribution in [3.05, 3.63) is 0 Å². The number of hydrogen-bond acceptors (Lipinski definition) is 3. The molecule has 0 bridgehead atoms. The Hall–Kier alpha value is -0.610. The average Bonchev–Trinajstić information content (AvgIpc) is 2.72. The molecule has 2 aliphatic rings. The zero-order valence-corrected chi connectivity index (χ0v) is 10.9. The Morgan fingerprint density at radius 1 is 1.41 bits per heavy atom. The topological polar surface area (TPSA) is 55.8 Å². The third-order valence-corrected chi connectivity index (χ3v) is 4.27. The number of rotatable bonds is 3. The molecule has 3 unspecified atom stereocenters. The monoisotopic (exact) mass is 242 g/mol. The van der Waals surface area contributed by atoms with Crippen LogP contribution in [0.15, 0.2) is 0 Å². The van der Waals surface area contributed by atoms with E-state index in [-0.39, 0.29) is 17.8 Å². The molecule has 2 fully saturated rings. The van der Waals surface area contributed by atoms with Gasteiger partial charge in [0.25, 0.3) is 0 Å². The second-order valence-electron chi connectivity index (χ2n) is 5.97. The Bertz CT molecular complexity index is 313. The fourth-order valence-electron chi connectivity index (χ4n) is 3.04. The number of hydrogen-bond donors (Lipinski definition) is 1. The van der Waals surface area contributed by atoms with E-state index in [0.717, 1.165) is 12.8 Å². The quantitative estimate of drug-likeness (QED) is 0.824. The van der Waals surface area contributed by atoms with E-state index < -0.39 is 11.4 Å². The Balaban J connectivity index is 2.07. The van der Waals surface area contributed by atoms with Gasteiger partial charge in [0.15, 0.2) is 0 Å². The van der Waals surface area contributed by atoms with Crippen molar-refractivity contribution in [2.24, 2.45) is 5.41 Å². The highest BCUT2D eigenvalue weighted by atomic mass is 16.5. The minimum atomic E-state index is -0.745. The Morgan fingerprint density at radius 2 is 2.12 bits per heavy atom. The van der Waals surface area contributed by atoms with Crippen molar-refractivity contribution in [1.82, 2.24) is 0 Å². The summed E-state index contributed by atoms with van der Waals surface area (Å²) >= 11 is 0. The van der Waals surface area contributed by atoms with E-state index in [2.05, 4.69) is 13.8 Å². The van der Waals surface area contributed by atoms with E-state index in [1.54, 1.807) is 0 Å². The molecule has 0 amide bonds. The van der Waals surface area contributed by atoms with Crippen LogP contribution < -0.4 is 0 Å². The summed E-state index contributed by atoms with van der Waals surface area (Å²) in [5, 5.41) is 9.49. The summed E-state index contributed by atoms with van der Waals surface area (Å²) in [5.41, 5.74) is -0.849. The molecule has 2 rings (SSSR count). The van der Waals surface area contributed by atoms with Gasteiger partial charge in [0.05, 0.1) is 23.2 Å². The lowest BCUT2D eigenvalue weighted by Crippen LogP contribution is -2.40.